The molecule has 0 fully saturated rings. The van der Waals surface area contributed by atoms with E-state index in [2.05, 4.69) is 55.6 Å². The van der Waals surface area contributed by atoms with Crippen LogP contribution < -0.4 is 0 Å². The molecular formula is C9H5BrIN. The van der Waals surface area contributed by atoms with Crippen LogP contribution in [-0.2, 0) is 0 Å². The highest BCUT2D eigenvalue weighted by molar-refractivity contribution is 14.1. The second-order valence-electron chi connectivity index (χ2n) is 2.49. The van der Waals surface area contributed by atoms with E-state index in [0.29, 0.717) is 0 Å². The highest BCUT2D eigenvalue weighted by atomic mass is 127. The first kappa shape index (κ1) is 8.44. The molecule has 0 N–H and O–H groups in total. The van der Waals surface area contributed by atoms with Crippen molar-refractivity contribution >= 4 is 49.4 Å². The molecule has 0 saturated carbocycles. The predicted octanol–water partition coefficient (Wildman–Crippen LogP) is 3.60. The van der Waals surface area contributed by atoms with Crippen LogP contribution >= 0.6 is 38.5 Å². The molecule has 0 aliphatic carbocycles. The molecule has 0 spiro atoms. The third-order valence-corrected chi connectivity index (χ3v) is 2.69. The number of hydrogen-bond donors (Lipinski definition) is 0. The Hall–Kier alpha value is -0.160. The maximum atomic E-state index is 4.29. The molecule has 0 saturated heterocycles. The fourth-order valence-corrected chi connectivity index (χ4v) is 1.93. The largest absolute Gasteiger partial charge is 0.255 e. The van der Waals surface area contributed by atoms with Gasteiger partial charge < -0.3 is 0 Å². The molecule has 0 aliphatic rings. The van der Waals surface area contributed by atoms with Crippen LogP contribution in [0.25, 0.3) is 10.9 Å². The number of pyridine rings is 1. The Morgan fingerprint density at radius 3 is 2.92 bits per heavy atom. The monoisotopic (exact) mass is 333 g/mol. The van der Waals surface area contributed by atoms with Crippen LogP contribution in [0, 0.1) is 3.57 Å². The average Bonchev–Trinajstić information content (AvgIpc) is 2.03. The molecule has 0 aliphatic heterocycles. The maximum absolute atomic E-state index is 4.29. The van der Waals surface area contributed by atoms with E-state index in [9.17, 15) is 0 Å². The zero-order valence-corrected chi connectivity index (χ0v) is 9.83. The summed E-state index contributed by atoms with van der Waals surface area (Å²) in [7, 11) is 0. The van der Waals surface area contributed by atoms with Crippen LogP contribution in [0.15, 0.2) is 34.9 Å². The summed E-state index contributed by atoms with van der Waals surface area (Å²) in [6.45, 7) is 0. The van der Waals surface area contributed by atoms with E-state index >= 15 is 0 Å². The fourth-order valence-electron chi connectivity index (χ4n) is 1.08. The smallest absolute Gasteiger partial charge is 0.0703 e. The van der Waals surface area contributed by atoms with Gasteiger partial charge in [-0.05, 0) is 46.9 Å². The van der Waals surface area contributed by atoms with Crippen LogP contribution in [0.2, 0.25) is 0 Å². The van der Waals surface area contributed by atoms with Gasteiger partial charge in [-0.3, -0.25) is 4.98 Å². The van der Waals surface area contributed by atoms with Crippen molar-refractivity contribution in [2.45, 2.75) is 0 Å². The topological polar surface area (TPSA) is 12.9 Å². The lowest BCUT2D eigenvalue weighted by atomic mass is 10.2. The lowest BCUT2D eigenvalue weighted by molar-refractivity contribution is 1.39. The van der Waals surface area contributed by atoms with E-state index in [0.717, 1.165) is 9.99 Å². The first-order chi connectivity index (χ1) is 5.75. The van der Waals surface area contributed by atoms with E-state index in [1.54, 1.807) is 0 Å². The summed E-state index contributed by atoms with van der Waals surface area (Å²) < 4.78 is 2.26. The van der Waals surface area contributed by atoms with Gasteiger partial charge in [0.15, 0.2) is 0 Å². The normalized spacial score (nSPS) is 10.5. The van der Waals surface area contributed by atoms with Crippen molar-refractivity contribution in [2.75, 3.05) is 0 Å². The first-order valence-corrected chi connectivity index (χ1v) is 5.34. The second-order valence-corrected chi connectivity index (χ2v) is 4.65. The van der Waals surface area contributed by atoms with Crippen molar-refractivity contribution < 1.29 is 0 Å². The number of nitrogens with zero attached hydrogens (tertiary/aromatic N) is 1. The molecule has 1 heterocycles. The molecule has 0 amide bonds. The SMILES string of the molecule is Brc1ccc2ncc(I)cc2c1. The number of rotatable bonds is 0. The van der Waals surface area contributed by atoms with Gasteiger partial charge in [0.2, 0.25) is 0 Å². The van der Waals surface area contributed by atoms with Crippen molar-refractivity contribution in [3.05, 3.63) is 38.5 Å². The number of halogens is 2. The van der Waals surface area contributed by atoms with Gasteiger partial charge in [0.1, 0.15) is 0 Å². The number of benzene rings is 1. The predicted molar refractivity (Wildman–Crippen MR) is 62.2 cm³/mol. The highest BCUT2D eigenvalue weighted by Crippen LogP contribution is 2.19. The average molecular weight is 334 g/mol. The van der Waals surface area contributed by atoms with Crippen LogP contribution in [0.4, 0.5) is 0 Å². The molecule has 60 valence electrons. The molecule has 0 bridgehead atoms. The van der Waals surface area contributed by atoms with Crippen molar-refractivity contribution in [3.8, 4) is 0 Å². The van der Waals surface area contributed by atoms with E-state index in [4.69, 9.17) is 0 Å². The standard InChI is InChI=1S/C9H5BrIN/c10-7-1-2-9-6(3-7)4-8(11)5-12-9/h1-5H. The molecule has 0 radical (unpaired) electrons. The van der Waals surface area contributed by atoms with E-state index < -0.39 is 0 Å². The summed E-state index contributed by atoms with van der Waals surface area (Å²) >= 11 is 5.69. The fraction of sp³-hybridized carbons (Fsp3) is 0. The van der Waals surface area contributed by atoms with Crippen LogP contribution in [-0.4, -0.2) is 4.98 Å². The Labute approximate surface area is 92.5 Å². The molecule has 12 heavy (non-hydrogen) atoms. The quantitative estimate of drug-likeness (QED) is 0.671. The Balaban J connectivity index is 2.80. The molecule has 2 aromatic rings. The van der Waals surface area contributed by atoms with E-state index in [1.807, 2.05) is 18.3 Å². The van der Waals surface area contributed by atoms with Gasteiger partial charge in [0.05, 0.1) is 5.52 Å². The van der Waals surface area contributed by atoms with Gasteiger partial charge in [-0.2, -0.15) is 0 Å². The number of hydrogen-bond acceptors (Lipinski definition) is 1. The van der Waals surface area contributed by atoms with Gasteiger partial charge in [-0.1, -0.05) is 15.9 Å². The molecule has 0 atom stereocenters. The van der Waals surface area contributed by atoms with Gasteiger partial charge in [-0.15, -0.1) is 0 Å². The van der Waals surface area contributed by atoms with Crippen molar-refractivity contribution in [1.82, 2.24) is 4.98 Å². The van der Waals surface area contributed by atoms with E-state index in [1.165, 1.54) is 8.96 Å². The molecule has 1 aromatic heterocycles. The van der Waals surface area contributed by atoms with Gasteiger partial charge in [0.25, 0.3) is 0 Å². The minimum absolute atomic E-state index is 1.04. The summed E-state index contributed by atoms with van der Waals surface area (Å²) in [6, 6.07) is 8.20. The molecule has 0 unspecified atom stereocenters. The molecule has 2 rings (SSSR count). The Bertz CT molecular complexity index is 391. The summed E-state index contributed by atoms with van der Waals surface area (Å²) in [5.74, 6) is 0. The first-order valence-electron chi connectivity index (χ1n) is 3.46. The summed E-state index contributed by atoms with van der Waals surface area (Å²) in [4.78, 5) is 4.29. The summed E-state index contributed by atoms with van der Waals surface area (Å²) in [6.07, 6.45) is 1.87. The molecule has 1 nitrogen and oxygen atoms in total. The lowest BCUT2D eigenvalue weighted by Gasteiger charge is -1.97. The van der Waals surface area contributed by atoms with Crippen molar-refractivity contribution in [3.63, 3.8) is 0 Å². The van der Waals surface area contributed by atoms with Crippen LogP contribution in [0.3, 0.4) is 0 Å². The zero-order chi connectivity index (χ0) is 8.55. The Morgan fingerprint density at radius 1 is 1.25 bits per heavy atom. The van der Waals surface area contributed by atoms with Gasteiger partial charge in [0, 0.05) is 19.6 Å². The van der Waals surface area contributed by atoms with Crippen LogP contribution in [0.1, 0.15) is 0 Å². The van der Waals surface area contributed by atoms with Crippen LogP contribution in [0.5, 0.6) is 0 Å². The molecular weight excluding hydrogens is 329 g/mol. The highest BCUT2D eigenvalue weighted by Gasteiger charge is 1.95. The minimum atomic E-state index is 1.04. The Morgan fingerprint density at radius 2 is 2.08 bits per heavy atom. The third kappa shape index (κ3) is 1.61. The lowest BCUT2D eigenvalue weighted by Crippen LogP contribution is -1.79. The molecule has 3 heteroatoms. The zero-order valence-electron chi connectivity index (χ0n) is 6.09. The summed E-state index contributed by atoms with van der Waals surface area (Å²) in [5, 5.41) is 1.18. The third-order valence-electron chi connectivity index (χ3n) is 1.61. The second kappa shape index (κ2) is 3.30. The maximum Gasteiger partial charge on any atom is 0.0703 e. The van der Waals surface area contributed by atoms with Gasteiger partial charge >= 0.3 is 0 Å². The van der Waals surface area contributed by atoms with Crippen molar-refractivity contribution in [1.29, 1.82) is 0 Å². The minimum Gasteiger partial charge on any atom is -0.255 e. The van der Waals surface area contributed by atoms with Crippen molar-refractivity contribution in [2.24, 2.45) is 0 Å². The number of aromatic nitrogens is 1. The Kier molecular flexibility index (Phi) is 2.32. The summed E-state index contributed by atoms with van der Waals surface area (Å²) in [5.41, 5.74) is 1.04. The molecule has 1 aromatic carbocycles. The van der Waals surface area contributed by atoms with Gasteiger partial charge in [-0.25, -0.2) is 0 Å². The number of fused-ring (bicyclic) bond motifs is 1. The van der Waals surface area contributed by atoms with E-state index in [-0.39, 0.29) is 0 Å².